The van der Waals surface area contributed by atoms with Gasteiger partial charge in [0.2, 0.25) is 5.91 Å². The number of carbonyl (C=O) groups excluding carboxylic acids is 2. The van der Waals surface area contributed by atoms with E-state index in [1.54, 1.807) is 11.3 Å². The highest BCUT2D eigenvalue weighted by atomic mass is 32.1. The van der Waals surface area contributed by atoms with Gasteiger partial charge in [0.1, 0.15) is 0 Å². The van der Waals surface area contributed by atoms with Gasteiger partial charge in [0.15, 0.2) is 0 Å². The average molecular weight is 350 g/mol. The Morgan fingerprint density at radius 3 is 2.71 bits per heavy atom. The average Bonchev–Trinajstić information content (AvgIpc) is 3.03. The van der Waals surface area contributed by atoms with E-state index in [2.05, 4.69) is 16.3 Å². The Morgan fingerprint density at radius 2 is 2.00 bits per heavy atom. The maximum atomic E-state index is 12.3. The number of aryl methyl sites for hydroxylation is 2. The van der Waals surface area contributed by atoms with E-state index in [1.807, 2.05) is 0 Å². The summed E-state index contributed by atoms with van der Waals surface area (Å²) in [6, 6.07) is 2.09. The first-order chi connectivity index (χ1) is 11.6. The second-order valence-corrected chi connectivity index (χ2v) is 8.03. The normalized spacial score (nSPS) is 19.0. The van der Waals surface area contributed by atoms with Gasteiger partial charge in [-0.25, -0.2) is 0 Å². The van der Waals surface area contributed by atoms with E-state index in [4.69, 9.17) is 5.73 Å². The van der Waals surface area contributed by atoms with Crippen molar-refractivity contribution in [1.29, 1.82) is 0 Å². The number of primary amides is 1. The number of likely N-dealkylation sites (tertiary alicyclic amines) is 1. The molecule has 0 radical (unpaired) electrons. The molecule has 1 aromatic heterocycles. The van der Waals surface area contributed by atoms with E-state index in [0.717, 1.165) is 56.6 Å². The molecule has 2 aliphatic rings. The highest BCUT2D eigenvalue weighted by Crippen LogP contribution is 2.29. The summed E-state index contributed by atoms with van der Waals surface area (Å²) in [5.74, 6) is -0.0480. The Labute approximate surface area is 147 Å². The van der Waals surface area contributed by atoms with Gasteiger partial charge in [0, 0.05) is 17.3 Å². The van der Waals surface area contributed by atoms with Crippen molar-refractivity contribution in [3.8, 4) is 0 Å². The molecule has 1 aromatic rings. The van der Waals surface area contributed by atoms with Crippen LogP contribution in [0.3, 0.4) is 0 Å². The molecule has 0 spiro atoms. The molecule has 1 saturated heterocycles. The number of nitrogens with zero attached hydrogens (tertiary/aromatic N) is 1. The second-order valence-electron chi connectivity index (χ2n) is 6.89. The lowest BCUT2D eigenvalue weighted by molar-refractivity contribution is -0.123. The fourth-order valence-corrected chi connectivity index (χ4v) is 4.81. The zero-order valence-corrected chi connectivity index (χ0v) is 15.0. The van der Waals surface area contributed by atoms with Gasteiger partial charge in [-0.05, 0) is 76.2 Å². The summed E-state index contributed by atoms with van der Waals surface area (Å²) < 4.78 is 0. The molecule has 1 aliphatic carbocycles. The predicted octanol–water partition coefficient (Wildman–Crippen LogP) is 1.94. The van der Waals surface area contributed by atoms with Crippen LogP contribution >= 0.6 is 11.3 Å². The van der Waals surface area contributed by atoms with Crippen molar-refractivity contribution < 1.29 is 9.59 Å². The van der Waals surface area contributed by atoms with Crippen LogP contribution in [0.15, 0.2) is 6.07 Å². The van der Waals surface area contributed by atoms with Crippen LogP contribution < -0.4 is 11.1 Å². The lowest BCUT2D eigenvalue weighted by atomic mass is 9.96. The third kappa shape index (κ3) is 4.36. The highest BCUT2D eigenvalue weighted by Gasteiger charge is 2.22. The number of hydrogen-bond donors (Lipinski definition) is 2. The number of rotatable bonds is 6. The molecule has 132 valence electrons. The zero-order chi connectivity index (χ0) is 16.9. The van der Waals surface area contributed by atoms with Gasteiger partial charge >= 0.3 is 0 Å². The SMILES string of the molecule is NC(=O)C1CCN(CCCNC(=O)c2cc3c(s2)CCCC3)CC1. The van der Waals surface area contributed by atoms with E-state index in [1.165, 1.54) is 23.3 Å². The first-order valence-electron chi connectivity index (χ1n) is 9.05. The van der Waals surface area contributed by atoms with Gasteiger partial charge in [0.05, 0.1) is 4.88 Å². The lowest BCUT2D eigenvalue weighted by Crippen LogP contribution is -2.39. The largest absolute Gasteiger partial charge is 0.369 e. The van der Waals surface area contributed by atoms with Crippen LogP contribution in [0.2, 0.25) is 0 Å². The van der Waals surface area contributed by atoms with Crippen molar-refractivity contribution in [2.24, 2.45) is 11.7 Å². The summed E-state index contributed by atoms with van der Waals surface area (Å²) in [5.41, 5.74) is 6.74. The maximum Gasteiger partial charge on any atom is 0.261 e. The second kappa shape index (κ2) is 8.12. The minimum Gasteiger partial charge on any atom is -0.369 e. The molecule has 5 nitrogen and oxygen atoms in total. The van der Waals surface area contributed by atoms with Crippen molar-refractivity contribution in [3.05, 3.63) is 21.4 Å². The quantitative estimate of drug-likeness (QED) is 0.771. The Morgan fingerprint density at radius 1 is 1.25 bits per heavy atom. The number of thiophene rings is 1. The molecule has 0 unspecified atom stereocenters. The molecule has 0 saturated carbocycles. The summed E-state index contributed by atoms with van der Waals surface area (Å²) in [6.45, 7) is 3.53. The van der Waals surface area contributed by atoms with Crippen molar-refractivity contribution in [1.82, 2.24) is 10.2 Å². The molecule has 0 aromatic carbocycles. The number of piperidine rings is 1. The molecule has 1 fully saturated rings. The first kappa shape index (κ1) is 17.4. The lowest BCUT2D eigenvalue weighted by Gasteiger charge is -2.30. The predicted molar refractivity (Wildman–Crippen MR) is 96.3 cm³/mol. The molecule has 0 atom stereocenters. The van der Waals surface area contributed by atoms with Crippen molar-refractivity contribution in [2.75, 3.05) is 26.2 Å². The van der Waals surface area contributed by atoms with Gasteiger partial charge in [-0.2, -0.15) is 0 Å². The van der Waals surface area contributed by atoms with Gasteiger partial charge in [-0.3, -0.25) is 9.59 Å². The standard InChI is InChI=1S/C18H27N3O2S/c19-17(22)13-6-10-21(11-7-13)9-3-8-20-18(23)16-12-14-4-1-2-5-15(14)24-16/h12-13H,1-11H2,(H2,19,22)(H,20,23). The smallest absolute Gasteiger partial charge is 0.261 e. The third-order valence-corrected chi connectivity index (χ3v) is 6.38. The fraction of sp³-hybridized carbons (Fsp3) is 0.667. The number of amides is 2. The summed E-state index contributed by atoms with van der Waals surface area (Å²) in [4.78, 5) is 28.1. The van der Waals surface area contributed by atoms with Gasteiger partial charge in [0.25, 0.3) is 5.91 Å². The summed E-state index contributed by atoms with van der Waals surface area (Å²) in [5, 5.41) is 3.05. The molecule has 2 heterocycles. The van der Waals surface area contributed by atoms with Crippen LogP contribution in [-0.2, 0) is 17.6 Å². The molecular weight excluding hydrogens is 322 g/mol. The molecule has 24 heavy (non-hydrogen) atoms. The summed E-state index contributed by atoms with van der Waals surface area (Å²) in [7, 11) is 0. The summed E-state index contributed by atoms with van der Waals surface area (Å²) in [6.07, 6.45) is 7.43. The van der Waals surface area contributed by atoms with Crippen LogP contribution in [0.25, 0.3) is 0 Å². The first-order valence-corrected chi connectivity index (χ1v) is 9.86. The molecule has 0 bridgehead atoms. The molecular formula is C18H27N3O2S. The van der Waals surface area contributed by atoms with Crippen LogP contribution in [0.4, 0.5) is 0 Å². The number of nitrogens with two attached hydrogens (primary N) is 1. The number of carbonyl (C=O) groups is 2. The Bertz CT molecular complexity index is 568. The maximum absolute atomic E-state index is 12.3. The number of nitrogens with one attached hydrogen (secondary N) is 1. The van der Waals surface area contributed by atoms with E-state index >= 15 is 0 Å². The molecule has 3 rings (SSSR count). The van der Waals surface area contributed by atoms with Gasteiger partial charge < -0.3 is 16.0 Å². The van der Waals surface area contributed by atoms with E-state index in [0.29, 0.717) is 6.54 Å². The molecule has 1 aliphatic heterocycles. The third-order valence-electron chi connectivity index (χ3n) is 5.15. The van der Waals surface area contributed by atoms with Crippen LogP contribution in [0.1, 0.15) is 52.2 Å². The fourth-order valence-electron chi connectivity index (χ4n) is 3.64. The van der Waals surface area contributed by atoms with Crippen molar-refractivity contribution in [3.63, 3.8) is 0 Å². The zero-order valence-electron chi connectivity index (χ0n) is 14.2. The number of hydrogen-bond acceptors (Lipinski definition) is 4. The van der Waals surface area contributed by atoms with E-state index < -0.39 is 0 Å². The van der Waals surface area contributed by atoms with Gasteiger partial charge in [-0.15, -0.1) is 11.3 Å². The van der Waals surface area contributed by atoms with Crippen LogP contribution in [-0.4, -0.2) is 42.9 Å². The van der Waals surface area contributed by atoms with Crippen molar-refractivity contribution >= 4 is 23.2 Å². The van der Waals surface area contributed by atoms with E-state index in [9.17, 15) is 9.59 Å². The molecule has 3 N–H and O–H groups in total. The Hall–Kier alpha value is -1.40. The topological polar surface area (TPSA) is 75.4 Å². The van der Waals surface area contributed by atoms with Crippen LogP contribution in [0, 0.1) is 5.92 Å². The monoisotopic (exact) mass is 349 g/mol. The molecule has 6 heteroatoms. The molecule has 2 amide bonds. The highest BCUT2D eigenvalue weighted by molar-refractivity contribution is 7.14. The number of fused-ring (bicyclic) bond motifs is 1. The minimum absolute atomic E-state index is 0.0471. The van der Waals surface area contributed by atoms with Gasteiger partial charge in [-0.1, -0.05) is 0 Å². The minimum atomic E-state index is -0.166. The van der Waals surface area contributed by atoms with E-state index in [-0.39, 0.29) is 17.7 Å². The Kier molecular flexibility index (Phi) is 5.89. The Balaban J connectivity index is 1.35. The summed E-state index contributed by atoms with van der Waals surface area (Å²) >= 11 is 1.67. The van der Waals surface area contributed by atoms with Crippen LogP contribution in [0.5, 0.6) is 0 Å². The van der Waals surface area contributed by atoms with Crippen molar-refractivity contribution in [2.45, 2.75) is 44.9 Å².